The molecule has 0 bridgehead atoms. The Balaban J connectivity index is 1.71. The first-order chi connectivity index (χ1) is 16.5. The highest BCUT2D eigenvalue weighted by Gasteiger charge is 2.23. The molecule has 0 radical (unpaired) electrons. The SMILES string of the molecule is CCc1nc2c(N)ncc(C(/C=N\C)=C/CCc3ccnc(C)c3)c2nc1N[C@@H]1CC[C@H](C)C1. The molecule has 1 fully saturated rings. The molecule has 7 nitrogen and oxygen atoms in total. The second-order valence-corrected chi connectivity index (χ2v) is 9.28. The minimum Gasteiger partial charge on any atom is -0.382 e. The molecule has 178 valence electrons. The Bertz CT molecular complexity index is 1220. The van der Waals surface area contributed by atoms with Crippen LogP contribution in [0.3, 0.4) is 0 Å². The summed E-state index contributed by atoms with van der Waals surface area (Å²) < 4.78 is 0. The predicted octanol–water partition coefficient (Wildman–Crippen LogP) is 5.19. The number of nitrogen functional groups attached to an aromatic ring is 1. The molecule has 3 heterocycles. The lowest BCUT2D eigenvalue weighted by Gasteiger charge is -2.17. The van der Waals surface area contributed by atoms with Gasteiger partial charge in [-0.3, -0.25) is 9.98 Å². The van der Waals surface area contributed by atoms with Gasteiger partial charge in [-0.05, 0) is 74.6 Å². The minimum atomic E-state index is 0.405. The lowest BCUT2D eigenvalue weighted by molar-refractivity contribution is 0.602. The number of allylic oxidation sites excluding steroid dienone is 2. The quantitative estimate of drug-likeness (QED) is 0.451. The first kappa shape index (κ1) is 23.8. The largest absolute Gasteiger partial charge is 0.382 e. The number of pyridine rings is 2. The molecule has 0 unspecified atom stereocenters. The average molecular weight is 458 g/mol. The molecule has 3 aromatic heterocycles. The first-order valence-corrected chi connectivity index (χ1v) is 12.2. The van der Waals surface area contributed by atoms with Crippen LogP contribution < -0.4 is 11.1 Å². The van der Waals surface area contributed by atoms with Crippen LogP contribution in [0.5, 0.6) is 0 Å². The van der Waals surface area contributed by atoms with E-state index in [1.165, 1.54) is 12.0 Å². The van der Waals surface area contributed by atoms with Gasteiger partial charge in [0.05, 0.1) is 5.69 Å². The van der Waals surface area contributed by atoms with Crippen LogP contribution in [0.25, 0.3) is 16.6 Å². The van der Waals surface area contributed by atoms with Crippen molar-refractivity contribution < 1.29 is 0 Å². The molecule has 3 aromatic rings. The second kappa shape index (κ2) is 10.7. The average Bonchev–Trinajstić information content (AvgIpc) is 3.23. The van der Waals surface area contributed by atoms with Gasteiger partial charge in [-0.15, -0.1) is 0 Å². The van der Waals surface area contributed by atoms with Crippen molar-refractivity contribution in [2.24, 2.45) is 10.9 Å². The molecule has 1 aliphatic rings. The first-order valence-electron chi connectivity index (χ1n) is 12.2. The molecule has 34 heavy (non-hydrogen) atoms. The van der Waals surface area contributed by atoms with Crippen molar-refractivity contribution in [2.75, 3.05) is 18.1 Å². The van der Waals surface area contributed by atoms with Gasteiger partial charge < -0.3 is 11.1 Å². The van der Waals surface area contributed by atoms with E-state index in [9.17, 15) is 0 Å². The van der Waals surface area contributed by atoms with Crippen LogP contribution >= 0.6 is 0 Å². The monoisotopic (exact) mass is 457 g/mol. The number of aromatic nitrogens is 4. The van der Waals surface area contributed by atoms with Gasteiger partial charge >= 0.3 is 0 Å². The fraction of sp³-hybridized carbons (Fsp3) is 0.444. The fourth-order valence-electron chi connectivity index (χ4n) is 4.72. The maximum atomic E-state index is 6.25. The molecule has 0 aliphatic heterocycles. The number of aryl methyl sites for hydroxylation is 3. The topological polar surface area (TPSA) is 102 Å². The lowest BCUT2D eigenvalue weighted by atomic mass is 10.0. The van der Waals surface area contributed by atoms with Gasteiger partial charge in [-0.2, -0.15) is 0 Å². The molecular formula is C27H35N7. The van der Waals surface area contributed by atoms with Crippen LogP contribution in [0, 0.1) is 12.8 Å². The molecule has 0 saturated heterocycles. The van der Waals surface area contributed by atoms with Gasteiger partial charge in [0.2, 0.25) is 0 Å². The van der Waals surface area contributed by atoms with Crippen molar-refractivity contribution in [1.29, 1.82) is 0 Å². The maximum Gasteiger partial charge on any atom is 0.151 e. The van der Waals surface area contributed by atoms with Crippen molar-refractivity contribution in [3.05, 3.63) is 53.1 Å². The van der Waals surface area contributed by atoms with Crippen molar-refractivity contribution in [2.45, 2.75) is 65.3 Å². The molecule has 0 aromatic carbocycles. The Hall–Kier alpha value is -3.35. The summed E-state index contributed by atoms with van der Waals surface area (Å²) >= 11 is 0. The maximum absolute atomic E-state index is 6.25. The van der Waals surface area contributed by atoms with E-state index < -0.39 is 0 Å². The van der Waals surface area contributed by atoms with E-state index >= 15 is 0 Å². The third-order valence-electron chi connectivity index (χ3n) is 6.51. The van der Waals surface area contributed by atoms with Crippen LogP contribution in [-0.4, -0.2) is 39.2 Å². The Morgan fingerprint density at radius 2 is 2.09 bits per heavy atom. The van der Waals surface area contributed by atoms with E-state index in [4.69, 9.17) is 15.7 Å². The van der Waals surface area contributed by atoms with Crippen LogP contribution in [0.1, 0.15) is 62.0 Å². The van der Waals surface area contributed by atoms with E-state index in [0.717, 1.165) is 71.9 Å². The molecular weight excluding hydrogens is 422 g/mol. The summed E-state index contributed by atoms with van der Waals surface area (Å²) in [4.78, 5) is 23.0. The second-order valence-electron chi connectivity index (χ2n) is 9.28. The minimum absolute atomic E-state index is 0.405. The van der Waals surface area contributed by atoms with E-state index in [2.05, 4.69) is 52.3 Å². The van der Waals surface area contributed by atoms with Crippen molar-refractivity contribution in [1.82, 2.24) is 19.9 Å². The number of hydrogen-bond acceptors (Lipinski definition) is 7. The van der Waals surface area contributed by atoms with Crippen LogP contribution in [0.4, 0.5) is 11.6 Å². The smallest absolute Gasteiger partial charge is 0.151 e. The van der Waals surface area contributed by atoms with E-state index in [1.54, 1.807) is 13.2 Å². The number of nitrogens with zero attached hydrogens (tertiary/aromatic N) is 5. The van der Waals surface area contributed by atoms with Crippen LogP contribution in [-0.2, 0) is 12.8 Å². The Morgan fingerprint density at radius 3 is 2.79 bits per heavy atom. The van der Waals surface area contributed by atoms with Crippen molar-refractivity contribution in [3.63, 3.8) is 0 Å². The van der Waals surface area contributed by atoms with Crippen LogP contribution in [0.2, 0.25) is 0 Å². The van der Waals surface area contributed by atoms with Crippen molar-refractivity contribution in [3.8, 4) is 0 Å². The summed E-state index contributed by atoms with van der Waals surface area (Å²) in [5, 5.41) is 3.68. The zero-order valence-corrected chi connectivity index (χ0v) is 20.7. The summed E-state index contributed by atoms with van der Waals surface area (Å²) in [6.07, 6.45) is 13.9. The van der Waals surface area contributed by atoms with Gasteiger partial charge in [-0.25, -0.2) is 15.0 Å². The number of rotatable bonds is 8. The Kier molecular flexibility index (Phi) is 7.50. The highest BCUT2D eigenvalue weighted by Crippen LogP contribution is 2.31. The standard InChI is InChI=1S/C27H35N7/c1-5-23-27(32-21-10-9-17(2)13-21)34-24-22(16-31-26(28)25(24)33-23)20(15-29-4)8-6-7-19-11-12-30-18(3)14-19/h8,11-12,14-17,21H,5-7,9-10,13H2,1-4H3,(H2,28,31)(H,32,34)/b20-8+,29-15-/t17-,21+/m0/s1. The summed E-state index contributed by atoms with van der Waals surface area (Å²) in [7, 11) is 1.78. The molecule has 0 amide bonds. The number of anilines is 2. The van der Waals surface area contributed by atoms with Gasteiger partial charge in [-0.1, -0.05) is 19.9 Å². The lowest BCUT2D eigenvalue weighted by Crippen LogP contribution is -2.18. The van der Waals surface area contributed by atoms with E-state index in [0.29, 0.717) is 17.4 Å². The van der Waals surface area contributed by atoms with Crippen LogP contribution in [0.15, 0.2) is 35.6 Å². The molecule has 3 N–H and O–H groups in total. The number of fused-ring (bicyclic) bond motifs is 1. The number of nitrogens with two attached hydrogens (primary N) is 1. The number of nitrogens with one attached hydrogen (secondary N) is 1. The molecule has 0 spiro atoms. The fourth-order valence-corrected chi connectivity index (χ4v) is 4.72. The normalized spacial score (nSPS) is 18.8. The molecule has 1 aliphatic carbocycles. The van der Waals surface area contributed by atoms with E-state index in [1.807, 2.05) is 19.3 Å². The van der Waals surface area contributed by atoms with Gasteiger partial charge in [0, 0.05) is 43.0 Å². The number of hydrogen-bond donors (Lipinski definition) is 2. The zero-order valence-electron chi connectivity index (χ0n) is 20.7. The zero-order chi connectivity index (χ0) is 24.1. The predicted molar refractivity (Wildman–Crippen MR) is 141 cm³/mol. The molecule has 4 rings (SSSR count). The third kappa shape index (κ3) is 5.41. The van der Waals surface area contributed by atoms with Crippen molar-refractivity contribution >= 4 is 34.5 Å². The molecule has 7 heteroatoms. The summed E-state index contributed by atoms with van der Waals surface area (Å²) in [6, 6.07) is 4.63. The highest BCUT2D eigenvalue weighted by molar-refractivity contribution is 6.14. The number of aliphatic imine (C=N–C) groups is 1. The van der Waals surface area contributed by atoms with Gasteiger partial charge in [0.25, 0.3) is 0 Å². The third-order valence-corrected chi connectivity index (χ3v) is 6.51. The summed E-state index contributed by atoms with van der Waals surface area (Å²) in [6.45, 7) is 6.43. The highest BCUT2D eigenvalue weighted by atomic mass is 15.1. The van der Waals surface area contributed by atoms with Gasteiger partial charge in [0.15, 0.2) is 5.82 Å². The van der Waals surface area contributed by atoms with Gasteiger partial charge in [0.1, 0.15) is 16.9 Å². The molecule has 1 saturated carbocycles. The summed E-state index contributed by atoms with van der Waals surface area (Å²) in [5.74, 6) is 2.01. The Morgan fingerprint density at radius 1 is 1.24 bits per heavy atom. The molecule has 2 atom stereocenters. The Labute approximate surface area is 202 Å². The van der Waals surface area contributed by atoms with E-state index in [-0.39, 0.29) is 0 Å². The summed E-state index contributed by atoms with van der Waals surface area (Å²) in [5.41, 5.74) is 12.8.